The van der Waals surface area contributed by atoms with Gasteiger partial charge in [0.05, 0.1) is 6.61 Å². The Hall–Kier alpha value is -2.27. The zero-order valence-corrected chi connectivity index (χ0v) is 12.1. The van der Waals surface area contributed by atoms with Crippen LogP contribution < -0.4 is 19.9 Å². The first kappa shape index (κ1) is 14.7. The number of ether oxygens (including phenoxy) is 3. The van der Waals surface area contributed by atoms with Gasteiger partial charge in [-0.05, 0) is 48.7 Å². The Morgan fingerprint density at radius 1 is 1.14 bits per heavy atom. The lowest BCUT2D eigenvalue weighted by Gasteiger charge is -2.16. The first-order chi connectivity index (χ1) is 10.8. The van der Waals surface area contributed by atoms with E-state index in [2.05, 4.69) is 0 Å². The first-order valence-electron chi connectivity index (χ1n) is 7.24. The number of benzene rings is 2. The molecule has 22 heavy (non-hydrogen) atoms. The van der Waals surface area contributed by atoms with E-state index in [4.69, 9.17) is 19.9 Å². The average Bonchev–Trinajstić information content (AvgIpc) is 2.99. The maximum Gasteiger partial charge on any atom is 0.231 e. The monoisotopic (exact) mass is 303 g/mol. The van der Waals surface area contributed by atoms with E-state index in [0.29, 0.717) is 25.3 Å². The third kappa shape index (κ3) is 3.31. The Morgan fingerprint density at radius 3 is 2.82 bits per heavy atom. The van der Waals surface area contributed by atoms with Gasteiger partial charge in [0.25, 0.3) is 0 Å². The largest absolute Gasteiger partial charge is 0.493 e. The molecule has 0 fully saturated rings. The van der Waals surface area contributed by atoms with E-state index in [-0.39, 0.29) is 18.5 Å². The van der Waals surface area contributed by atoms with Crippen molar-refractivity contribution in [1.82, 2.24) is 0 Å². The van der Waals surface area contributed by atoms with Crippen LogP contribution in [0.2, 0.25) is 0 Å². The topological polar surface area (TPSA) is 53.7 Å². The van der Waals surface area contributed by atoms with Gasteiger partial charge in [-0.2, -0.15) is 0 Å². The summed E-state index contributed by atoms with van der Waals surface area (Å²) in [6.45, 7) is 1.19. The third-order valence-electron chi connectivity index (χ3n) is 3.68. The van der Waals surface area contributed by atoms with Crippen molar-refractivity contribution in [1.29, 1.82) is 0 Å². The highest BCUT2D eigenvalue weighted by Crippen LogP contribution is 2.35. The van der Waals surface area contributed by atoms with Crippen LogP contribution >= 0.6 is 0 Å². The number of halogens is 1. The van der Waals surface area contributed by atoms with E-state index >= 15 is 0 Å². The molecule has 0 aromatic heterocycles. The van der Waals surface area contributed by atoms with Crippen molar-refractivity contribution in [2.24, 2.45) is 5.73 Å². The van der Waals surface area contributed by atoms with Crippen molar-refractivity contribution in [2.45, 2.75) is 12.3 Å². The average molecular weight is 303 g/mol. The van der Waals surface area contributed by atoms with Crippen LogP contribution in [-0.2, 0) is 0 Å². The lowest BCUT2D eigenvalue weighted by atomic mass is 9.96. The Kier molecular flexibility index (Phi) is 4.44. The molecular formula is C17H18FNO3. The molecule has 0 radical (unpaired) electrons. The van der Waals surface area contributed by atoms with Gasteiger partial charge in [-0.3, -0.25) is 0 Å². The molecule has 1 unspecified atom stereocenters. The van der Waals surface area contributed by atoms with E-state index in [0.717, 1.165) is 17.1 Å². The lowest BCUT2D eigenvalue weighted by Crippen LogP contribution is -2.15. The van der Waals surface area contributed by atoms with Crippen LogP contribution in [0.15, 0.2) is 42.5 Å². The Bertz CT molecular complexity index is 648. The minimum atomic E-state index is -0.243. The lowest BCUT2D eigenvalue weighted by molar-refractivity contribution is 0.173. The van der Waals surface area contributed by atoms with E-state index in [1.807, 2.05) is 24.3 Å². The molecule has 0 saturated carbocycles. The molecule has 116 valence electrons. The van der Waals surface area contributed by atoms with E-state index in [1.54, 1.807) is 6.07 Å². The highest BCUT2D eigenvalue weighted by Gasteiger charge is 2.14. The van der Waals surface area contributed by atoms with Gasteiger partial charge >= 0.3 is 0 Å². The highest BCUT2D eigenvalue weighted by atomic mass is 19.1. The van der Waals surface area contributed by atoms with Crippen molar-refractivity contribution in [3.05, 3.63) is 53.8 Å². The zero-order chi connectivity index (χ0) is 15.4. The summed E-state index contributed by atoms with van der Waals surface area (Å²) in [4.78, 5) is 0. The third-order valence-corrected chi connectivity index (χ3v) is 3.68. The second-order valence-corrected chi connectivity index (χ2v) is 5.14. The molecule has 1 atom stereocenters. The van der Waals surface area contributed by atoms with Crippen molar-refractivity contribution < 1.29 is 18.6 Å². The summed E-state index contributed by atoms with van der Waals surface area (Å²) in [7, 11) is 0. The second kappa shape index (κ2) is 6.66. The highest BCUT2D eigenvalue weighted by molar-refractivity contribution is 5.46. The molecule has 2 aromatic rings. The van der Waals surface area contributed by atoms with Gasteiger partial charge in [-0.25, -0.2) is 4.39 Å². The van der Waals surface area contributed by atoms with Crippen molar-refractivity contribution in [3.8, 4) is 17.2 Å². The fourth-order valence-electron chi connectivity index (χ4n) is 2.47. The Morgan fingerprint density at radius 2 is 2.00 bits per heavy atom. The zero-order valence-electron chi connectivity index (χ0n) is 12.1. The minimum Gasteiger partial charge on any atom is -0.493 e. The molecule has 3 rings (SSSR count). The molecule has 0 spiro atoms. The fourth-order valence-corrected chi connectivity index (χ4v) is 2.47. The summed E-state index contributed by atoms with van der Waals surface area (Å²) in [5.74, 6) is 1.97. The molecule has 1 heterocycles. The van der Waals surface area contributed by atoms with Crippen LogP contribution in [0.4, 0.5) is 4.39 Å². The van der Waals surface area contributed by atoms with Crippen LogP contribution in [-0.4, -0.2) is 19.9 Å². The van der Waals surface area contributed by atoms with Crippen molar-refractivity contribution >= 4 is 0 Å². The number of fused-ring (bicyclic) bond motifs is 1. The number of hydrogen-bond acceptors (Lipinski definition) is 4. The summed E-state index contributed by atoms with van der Waals surface area (Å²) >= 11 is 0. The molecule has 5 heteroatoms. The van der Waals surface area contributed by atoms with Crippen LogP contribution in [0.1, 0.15) is 17.9 Å². The predicted octanol–water partition coefficient (Wildman–Crippen LogP) is 3.07. The van der Waals surface area contributed by atoms with E-state index < -0.39 is 0 Å². The predicted molar refractivity (Wildman–Crippen MR) is 80.9 cm³/mol. The molecule has 2 N–H and O–H groups in total. The molecule has 0 aliphatic carbocycles. The number of hydrogen-bond donors (Lipinski definition) is 1. The maximum absolute atomic E-state index is 13.3. The first-order valence-corrected chi connectivity index (χ1v) is 7.24. The molecule has 1 aliphatic heterocycles. The normalized spacial score (nSPS) is 13.9. The molecule has 1 aliphatic rings. The van der Waals surface area contributed by atoms with E-state index in [9.17, 15) is 4.39 Å². The fraction of sp³-hybridized carbons (Fsp3) is 0.294. The van der Waals surface area contributed by atoms with Gasteiger partial charge in [-0.1, -0.05) is 12.1 Å². The molecule has 0 bridgehead atoms. The van der Waals surface area contributed by atoms with Gasteiger partial charge in [0.1, 0.15) is 11.6 Å². The van der Waals surface area contributed by atoms with Gasteiger partial charge in [-0.15, -0.1) is 0 Å². The summed E-state index contributed by atoms with van der Waals surface area (Å²) in [5, 5.41) is 0. The number of nitrogens with two attached hydrogens (primary N) is 1. The Balaban J connectivity index is 1.57. The van der Waals surface area contributed by atoms with Crippen LogP contribution in [0, 0.1) is 5.82 Å². The second-order valence-electron chi connectivity index (χ2n) is 5.14. The van der Waals surface area contributed by atoms with Crippen LogP contribution in [0.5, 0.6) is 17.2 Å². The number of rotatable bonds is 6. The molecule has 2 aromatic carbocycles. The summed E-state index contributed by atoms with van der Waals surface area (Å²) < 4.78 is 29.6. The van der Waals surface area contributed by atoms with Crippen molar-refractivity contribution in [3.63, 3.8) is 0 Å². The quantitative estimate of drug-likeness (QED) is 0.891. The SMILES string of the molecule is NCC(CCOc1ccc2c(c1)OCO2)c1cccc(F)c1. The van der Waals surface area contributed by atoms with Gasteiger partial charge in [0, 0.05) is 6.07 Å². The van der Waals surface area contributed by atoms with Gasteiger partial charge < -0.3 is 19.9 Å². The maximum atomic E-state index is 13.3. The van der Waals surface area contributed by atoms with E-state index in [1.165, 1.54) is 12.1 Å². The summed E-state index contributed by atoms with van der Waals surface area (Å²) in [6.07, 6.45) is 0.717. The molecule has 0 saturated heterocycles. The smallest absolute Gasteiger partial charge is 0.231 e. The van der Waals surface area contributed by atoms with Gasteiger partial charge in [0.15, 0.2) is 11.5 Å². The standard InChI is InChI=1S/C17H18FNO3/c18-14-3-1-2-12(8-14)13(10-19)6-7-20-15-4-5-16-17(9-15)22-11-21-16/h1-5,8-9,13H,6-7,10-11,19H2. The Labute approximate surface area is 128 Å². The van der Waals surface area contributed by atoms with Crippen LogP contribution in [0.3, 0.4) is 0 Å². The molecular weight excluding hydrogens is 285 g/mol. The van der Waals surface area contributed by atoms with Crippen LogP contribution in [0.25, 0.3) is 0 Å². The minimum absolute atomic E-state index is 0.0738. The molecule has 4 nitrogen and oxygen atoms in total. The summed E-state index contributed by atoms with van der Waals surface area (Å²) in [5.41, 5.74) is 6.69. The van der Waals surface area contributed by atoms with Crippen molar-refractivity contribution in [2.75, 3.05) is 19.9 Å². The van der Waals surface area contributed by atoms with Gasteiger partial charge in [0.2, 0.25) is 6.79 Å². The summed E-state index contributed by atoms with van der Waals surface area (Å²) in [6, 6.07) is 12.0. The molecule has 0 amide bonds.